The van der Waals surface area contributed by atoms with E-state index in [1.807, 2.05) is 0 Å². The van der Waals surface area contributed by atoms with Crippen molar-refractivity contribution in [2.24, 2.45) is 5.14 Å². The number of rotatable bonds is 2. The molecule has 7 heteroatoms. The van der Waals surface area contributed by atoms with Crippen LogP contribution in [0.5, 0.6) is 0 Å². The minimum Gasteiger partial charge on any atom is -0.397 e. The number of nitrogens with one attached hydrogen (secondary N) is 1. The third-order valence-corrected chi connectivity index (χ3v) is 3.70. The van der Waals surface area contributed by atoms with Crippen molar-refractivity contribution in [2.75, 3.05) is 36.8 Å². The van der Waals surface area contributed by atoms with Crippen LogP contribution in [0.25, 0.3) is 0 Å². The smallest absolute Gasteiger partial charge is 0.238 e. The van der Waals surface area contributed by atoms with Gasteiger partial charge in [-0.1, -0.05) is 0 Å². The van der Waals surface area contributed by atoms with Crippen molar-refractivity contribution in [3.05, 3.63) is 18.2 Å². The van der Waals surface area contributed by atoms with E-state index in [1.165, 1.54) is 12.1 Å². The number of nitrogens with zero attached hydrogens (tertiary/aromatic N) is 1. The second kappa shape index (κ2) is 4.52. The van der Waals surface area contributed by atoms with E-state index < -0.39 is 10.0 Å². The Kier molecular flexibility index (Phi) is 3.23. The molecular weight excluding hydrogens is 240 g/mol. The van der Waals surface area contributed by atoms with Crippen LogP contribution in [0.1, 0.15) is 0 Å². The van der Waals surface area contributed by atoms with E-state index in [4.69, 9.17) is 10.9 Å². The van der Waals surface area contributed by atoms with E-state index in [9.17, 15) is 8.42 Å². The maximum Gasteiger partial charge on any atom is 0.238 e. The summed E-state index contributed by atoms with van der Waals surface area (Å²) in [5, 5.41) is 8.33. The summed E-state index contributed by atoms with van der Waals surface area (Å²) in [5.74, 6) is 0. The fraction of sp³-hybridized carbons (Fsp3) is 0.400. The number of hydrogen-bond acceptors (Lipinski definition) is 5. The lowest BCUT2D eigenvalue weighted by Gasteiger charge is -2.30. The SMILES string of the molecule is Nc1ccc(S(N)(=O)=O)cc1N1CCNCC1. The number of nitrogen functional groups attached to an aromatic ring is 1. The van der Waals surface area contributed by atoms with Crippen molar-refractivity contribution in [3.63, 3.8) is 0 Å². The van der Waals surface area contributed by atoms with Gasteiger partial charge in [-0.3, -0.25) is 0 Å². The summed E-state index contributed by atoms with van der Waals surface area (Å²) in [4.78, 5) is 2.15. The maximum absolute atomic E-state index is 11.3. The zero-order valence-corrected chi connectivity index (χ0v) is 10.2. The van der Waals surface area contributed by atoms with Crippen LogP contribution in [0, 0.1) is 0 Å². The monoisotopic (exact) mass is 256 g/mol. The standard InChI is InChI=1S/C10H16N4O2S/c11-9-2-1-8(17(12,15)16)7-10(9)14-5-3-13-4-6-14/h1-2,7,13H,3-6,11H2,(H2,12,15,16). The van der Waals surface area contributed by atoms with Gasteiger partial charge in [-0.2, -0.15) is 0 Å². The molecule has 0 bridgehead atoms. The van der Waals surface area contributed by atoms with Gasteiger partial charge in [0.05, 0.1) is 16.3 Å². The van der Waals surface area contributed by atoms with Gasteiger partial charge in [-0.25, -0.2) is 13.6 Å². The molecule has 1 aromatic rings. The van der Waals surface area contributed by atoms with Gasteiger partial charge >= 0.3 is 0 Å². The summed E-state index contributed by atoms with van der Waals surface area (Å²) in [6, 6.07) is 4.55. The van der Waals surface area contributed by atoms with E-state index in [0.29, 0.717) is 5.69 Å². The number of anilines is 2. The van der Waals surface area contributed by atoms with E-state index in [2.05, 4.69) is 10.2 Å². The quantitative estimate of drug-likeness (QED) is 0.609. The van der Waals surface area contributed by atoms with Crippen LogP contribution in [0.2, 0.25) is 0 Å². The fourth-order valence-corrected chi connectivity index (χ4v) is 2.41. The highest BCUT2D eigenvalue weighted by molar-refractivity contribution is 7.89. The molecule has 0 spiro atoms. The predicted octanol–water partition coefficient (Wildman–Crippen LogP) is -0.674. The highest BCUT2D eigenvalue weighted by atomic mass is 32.2. The summed E-state index contributed by atoms with van der Waals surface area (Å²) in [5.41, 5.74) is 7.17. The topological polar surface area (TPSA) is 101 Å². The summed E-state index contributed by atoms with van der Waals surface area (Å²) < 4.78 is 22.6. The van der Waals surface area contributed by atoms with Crippen LogP contribution in [0.3, 0.4) is 0 Å². The van der Waals surface area contributed by atoms with Crippen LogP contribution in [0.4, 0.5) is 11.4 Å². The molecule has 0 radical (unpaired) electrons. The first-order valence-corrected chi connectivity index (χ1v) is 6.91. The van der Waals surface area contributed by atoms with Gasteiger partial charge in [0.15, 0.2) is 0 Å². The second-order valence-corrected chi connectivity index (χ2v) is 5.56. The lowest BCUT2D eigenvalue weighted by molar-refractivity contribution is 0.588. The van der Waals surface area contributed by atoms with Crippen LogP contribution in [-0.2, 0) is 10.0 Å². The Hall–Kier alpha value is -1.31. The number of sulfonamides is 1. The van der Waals surface area contributed by atoms with E-state index in [0.717, 1.165) is 31.9 Å². The highest BCUT2D eigenvalue weighted by Gasteiger charge is 2.16. The first-order valence-electron chi connectivity index (χ1n) is 5.36. The molecule has 1 fully saturated rings. The maximum atomic E-state index is 11.3. The molecule has 0 atom stereocenters. The Morgan fingerprint density at radius 3 is 2.47 bits per heavy atom. The van der Waals surface area contributed by atoms with Gasteiger partial charge in [-0.05, 0) is 18.2 Å². The summed E-state index contributed by atoms with van der Waals surface area (Å²) in [7, 11) is -3.68. The summed E-state index contributed by atoms with van der Waals surface area (Å²) in [6.45, 7) is 3.33. The number of nitrogens with two attached hydrogens (primary N) is 2. The minimum absolute atomic E-state index is 0.0974. The minimum atomic E-state index is -3.68. The van der Waals surface area contributed by atoms with Crippen LogP contribution in [0.15, 0.2) is 23.1 Å². The van der Waals surface area contributed by atoms with E-state index >= 15 is 0 Å². The molecule has 1 aromatic carbocycles. The lowest BCUT2D eigenvalue weighted by Crippen LogP contribution is -2.43. The Balaban J connectivity index is 2.38. The average molecular weight is 256 g/mol. The zero-order valence-electron chi connectivity index (χ0n) is 9.39. The Labute approximate surface area is 101 Å². The van der Waals surface area contributed by atoms with Gasteiger partial charge in [0.1, 0.15) is 0 Å². The number of benzene rings is 1. The molecule has 0 saturated carbocycles. The van der Waals surface area contributed by atoms with Gasteiger partial charge in [-0.15, -0.1) is 0 Å². The fourth-order valence-electron chi connectivity index (χ4n) is 1.88. The van der Waals surface area contributed by atoms with Crippen LogP contribution >= 0.6 is 0 Å². The molecule has 1 heterocycles. The number of hydrogen-bond donors (Lipinski definition) is 3. The normalized spacial score (nSPS) is 17.1. The summed E-state index contributed by atoms with van der Waals surface area (Å²) >= 11 is 0. The van der Waals surface area contributed by atoms with Gasteiger partial charge in [0, 0.05) is 26.2 Å². The molecule has 1 aliphatic heterocycles. The molecule has 0 unspecified atom stereocenters. The molecule has 0 aliphatic carbocycles. The van der Waals surface area contributed by atoms with Crippen molar-refractivity contribution in [1.29, 1.82) is 0 Å². The van der Waals surface area contributed by atoms with E-state index in [1.54, 1.807) is 6.07 Å². The predicted molar refractivity (Wildman–Crippen MR) is 67.3 cm³/mol. The van der Waals surface area contributed by atoms with E-state index in [-0.39, 0.29) is 4.90 Å². The number of piperazine rings is 1. The Morgan fingerprint density at radius 2 is 1.88 bits per heavy atom. The summed E-state index contributed by atoms with van der Waals surface area (Å²) in [6.07, 6.45) is 0. The number of primary sulfonamides is 1. The molecule has 5 N–H and O–H groups in total. The lowest BCUT2D eigenvalue weighted by atomic mass is 10.2. The van der Waals surface area contributed by atoms with Crippen molar-refractivity contribution in [2.45, 2.75) is 4.90 Å². The zero-order chi connectivity index (χ0) is 12.5. The third-order valence-electron chi connectivity index (χ3n) is 2.79. The van der Waals surface area contributed by atoms with Crippen molar-refractivity contribution in [1.82, 2.24) is 5.32 Å². The van der Waals surface area contributed by atoms with Gasteiger partial charge in [0.2, 0.25) is 10.0 Å². The van der Waals surface area contributed by atoms with Gasteiger partial charge < -0.3 is 16.0 Å². The van der Waals surface area contributed by atoms with Crippen molar-refractivity contribution < 1.29 is 8.42 Å². The highest BCUT2D eigenvalue weighted by Crippen LogP contribution is 2.26. The molecule has 2 rings (SSSR count). The first kappa shape index (κ1) is 12.2. The third kappa shape index (κ3) is 2.68. The molecule has 1 saturated heterocycles. The molecular formula is C10H16N4O2S. The van der Waals surface area contributed by atoms with Crippen molar-refractivity contribution >= 4 is 21.4 Å². The second-order valence-electron chi connectivity index (χ2n) is 4.00. The Bertz CT molecular complexity index is 509. The first-order chi connectivity index (χ1) is 7.98. The molecule has 0 amide bonds. The van der Waals surface area contributed by atoms with Gasteiger partial charge in [0.25, 0.3) is 0 Å². The Morgan fingerprint density at radius 1 is 1.24 bits per heavy atom. The largest absolute Gasteiger partial charge is 0.397 e. The average Bonchev–Trinajstić information content (AvgIpc) is 2.29. The van der Waals surface area contributed by atoms with Crippen LogP contribution < -0.4 is 21.1 Å². The molecule has 6 nitrogen and oxygen atoms in total. The molecule has 1 aliphatic rings. The molecule has 0 aromatic heterocycles. The van der Waals surface area contributed by atoms with Crippen LogP contribution in [-0.4, -0.2) is 34.6 Å². The molecule has 94 valence electrons. The molecule has 17 heavy (non-hydrogen) atoms. The van der Waals surface area contributed by atoms with Crippen molar-refractivity contribution in [3.8, 4) is 0 Å².